The molecule has 5 heteroatoms. The molecule has 3 aromatic carbocycles. The van der Waals surface area contributed by atoms with Crippen LogP contribution >= 0.6 is 0 Å². The van der Waals surface area contributed by atoms with Gasteiger partial charge in [-0.1, -0.05) is 84.9 Å². The molecule has 1 aliphatic carbocycles. The van der Waals surface area contributed by atoms with Crippen LogP contribution in [0.15, 0.2) is 84.9 Å². The zero-order valence-electron chi connectivity index (χ0n) is 17.6. The maximum atomic E-state index is 13.1. The van der Waals surface area contributed by atoms with E-state index < -0.39 is 18.0 Å². The van der Waals surface area contributed by atoms with Gasteiger partial charge in [0.25, 0.3) is 0 Å². The first kappa shape index (κ1) is 21.5. The van der Waals surface area contributed by atoms with Crippen LogP contribution in [-0.2, 0) is 14.3 Å². The van der Waals surface area contributed by atoms with Crippen LogP contribution in [0.25, 0.3) is 16.7 Å². The van der Waals surface area contributed by atoms with Crippen molar-refractivity contribution in [2.45, 2.75) is 24.8 Å². The Morgan fingerprint density at radius 3 is 2.06 bits per heavy atom. The van der Waals surface area contributed by atoms with Gasteiger partial charge in [-0.05, 0) is 34.2 Å². The number of carboxylic acid groups (broad SMARTS) is 1. The van der Waals surface area contributed by atoms with Gasteiger partial charge in [-0.25, -0.2) is 4.79 Å². The maximum Gasteiger partial charge on any atom is 0.338 e. The average molecular weight is 428 g/mol. The van der Waals surface area contributed by atoms with Gasteiger partial charge < -0.3 is 15.6 Å². The van der Waals surface area contributed by atoms with Gasteiger partial charge >= 0.3 is 11.9 Å². The molecule has 4 rings (SSSR count). The molecule has 162 valence electrons. The molecule has 0 amide bonds. The summed E-state index contributed by atoms with van der Waals surface area (Å²) in [7, 11) is 0. The van der Waals surface area contributed by atoms with Crippen molar-refractivity contribution in [3.63, 3.8) is 0 Å². The highest BCUT2D eigenvalue weighted by molar-refractivity contribution is 6.16. The summed E-state index contributed by atoms with van der Waals surface area (Å²) in [4.78, 5) is 24.0. The Labute approximate surface area is 187 Å². The normalized spacial score (nSPS) is 13.8. The second kappa shape index (κ2) is 9.62. The van der Waals surface area contributed by atoms with Crippen LogP contribution in [0.5, 0.6) is 0 Å². The topological polar surface area (TPSA) is 89.6 Å². The molecule has 3 aromatic rings. The van der Waals surface area contributed by atoms with Crippen LogP contribution in [0, 0.1) is 0 Å². The van der Waals surface area contributed by atoms with E-state index in [1.165, 1.54) is 11.1 Å². The van der Waals surface area contributed by atoms with Crippen LogP contribution in [0.3, 0.4) is 0 Å². The Morgan fingerprint density at radius 2 is 1.47 bits per heavy atom. The van der Waals surface area contributed by atoms with E-state index in [4.69, 9.17) is 15.6 Å². The molecular weight excluding hydrogens is 402 g/mol. The number of fused-ring (bicyclic) bond motifs is 3. The Hall–Kier alpha value is -3.70. The summed E-state index contributed by atoms with van der Waals surface area (Å²) in [6.45, 7) is 0.220. The number of hydrogen-bond donors (Lipinski definition) is 2. The molecule has 0 saturated heterocycles. The third-order valence-corrected chi connectivity index (χ3v) is 5.71. The quantitative estimate of drug-likeness (QED) is 0.404. The number of hydrogen-bond acceptors (Lipinski definition) is 4. The molecule has 1 atom stereocenters. The summed E-state index contributed by atoms with van der Waals surface area (Å²) in [5.74, 6) is -1.44. The fourth-order valence-corrected chi connectivity index (χ4v) is 4.19. The van der Waals surface area contributed by atoms with E-state index in [1.54, 1.807) is 6.08 Å². The Morgan fingerprint density at radius 1 is 0.906 bits per heavy atom. The highest BCUT2D eigenvalue weighted by atomic mass is 16.5. The van der Waals surface area contributed by atoms with Crippen molar-refractivity contribution in [2.24, 2.45) is 5.73 Å². The van der Waals surface area contributed by atoms with Gasteiger partial charge in [0.15, 0.2) is 0 Å². The fourth-order valence-electron chi connectivity index (χ4n) is 4.19. The van der Waals surface area contributed by atoms with Crippen molar-refractivity contribution in [2.75, 3.05) is 6.61 Å². The fraction of sp³-hybridized carbons (Fsp3) is 0.185. The molecule has 0 spiro atoms. The van der Waals surface area contributed by atoms with E-state index >= 15 is 0 Å². The predicted molar refractivity (Wildman–Crippen MR) is 124 cm³/mol. The molecule has 5 nitrogen and oxygen atoms in total. The minimum absolute atomic E-state index is 0.0300. The first-order chi connectivity index (χ1) is 15.5. The summed E-state index contributed by atoms with van der Waals surface area (Å²) in [5.41, 5.74) is 11.6. The second-order valence-electron chi connectivity index (χ2n) is 7.90. The number of ether oxygens (including phenoxy) is 1. The van der Waals surface area contributed by atoms with Crippen LogP contribution in [0.1, 0.15) is 35.4 Å². The number of esters is 1. The standard InChI is InChI=1S/C27H25NO4/c28-19(16-26(29)30)14-15-20(18-8-2-1-3-9-18)27(31)32-17-25-23-12-6-4-10-21(23)22-11-5-7-13-24(22)25/h1-13,15,19,25H,14,16-17,28H2,(H,29,30)/b20-15-/t19-/m0/s1. The lowest BCUT2D eigenvalue weighted by atomic mass is 9.98. The van der Waals surface area contributed by atoms with E-state index in [0.29, 0.717) is 11.1 Å². The highest BCUT2D eigenvalue weighted by Crippen LogP contribution is 2.44. The van der Waals surface area contributed by atoms with Crippen molar-refractivity contribution >= 4 is 17.5 Å². The van der Waals surface area contributed by atoms with E-state index in [-0.39, 0.29) is 25.4 Å². The molecule has 0 heterocycles. The van der Waals surface area contributed by atoms with Gasteiger partial charge in [0.05, 0.1) is 12.0 Å². The van der Waals surface area contributed by atoms with Crippen molar-refractivity contribution in [3.05, 3.63) is 102 Å². The Balaban J connectivity index is 1.55. The number of carbonyl (C=O) groups excluding carboxylic acids is 1. The van der Waals surface area contributed by atoms with E-state index in [2.05, 4.69) is 24.3 Å². The minimum atomic E-state index is -0.965. The summed E-state index contributed by atoms with van der Waals surface area (Å²) < 4.78 is 5.81. The molecular formula is C27H25NO4. The summed E-state index contributed by atoms with van der Waals surface area (Å²) in [6, 6.07) is 25.0. The van der Waals surface area contributed by atoms with Gasteiger partial charge in [0, 0.05) is 12.0 Å². The van der Waals surface area contributed by atoms with Crippen molar-refractivity contribution < 1.29 is 19.4 Å². The van der Waals surface area contributed by atoms with E-state index in [1.807, 2.05) is 54.6 Å². The third-order valence-electron chi connectivity index (χ3n) is 5.71. The summed E-state index contributed by atoms with van der Waals surface area (Å²) >= 11 is 0. The van der Waals surface area contributed by atoms with Crippen LogP contribution in [0.4, 0.5) is 0 Å². The molecule has 0 saturated carbocycles. The van der Waals surface area contributed by atoms with Gasteiger partial charge in [0.1, 0.15) is 6.61 Å². The average Bonchev–Trinajstić information content (AvgIpc) is 3.12. The van der Waals surface area contributed by atoms with Crippen LogP contribution in [0.2, 0.25) is 0 Å². The summed E-state index contributed by atoms with van der Waals surface area (Å²) in [6.07, 6.45) is 1.78. The molecule has 32 heavy (non-hydrogen) atoms. The first-order valence-corrected chi connectivity index (χ1v) is 10.6. The van der Waals surface area contributed by atoms with Crippen LogP contribution < -0.4 is 5.73 Å². The molecule has 0 radical (unpaired) electrons. The minimum Gasteiger partial charge on any atom is -0.481 e. The van der Waals surface area contributed by atoms with Crippen molar-refractivity contribution in [1.29, 1.82) is 0 Å². The van der Waals surface area contributed by atoms with E-state index in [9.17, 15) is 9.59 Å². The van der Waals surface area contributed by atoms with Crippen molar-refractivity contribution in [1.82, 2.24) is 0 Å². The molecule has 0 aromatic heterocycles. The molecule has 0 bridgehead atoms. The number of benzene rings is 3. The van der Waals surface area contributed by atoms with E-state index in [0.717, 1.165) is 11.1 Å². The molecule has 1 aliphatic rings. The number of carboxylic acids is 1. The zero-order chi connectivity index (χ0) is 22.5. The first-order valence-electron chi connectivity index (χ1n) is 10.6. The predicted octanol–water partition coefficient (Wildman–Crippen LogP) is 4.62. The van der Waals surface area contributed by atoms with Gasteiger partial charge in [-0.3, -0.25) is 4.79 Å². The molecule has 0 aliphatic heterocycles. The Bertz CT molecular complexity index is 1110. The van der Waals surface area contributed by atoms with Gasteiger partial charge in [-0.2, -0.15) is 0 Å². The molecule has 3 N–H and O–H groups in total. The third kappa shape index (κ3) is 4.63. The highest BCUT2D eigenvalue weighted by Gasteiger charge is 2.29. The number of aliphatic carboxylic acids is 1. The van der Waals surface area contributed by atoms with Crippen LogP contribution in [-0.4, -0.2) is 29.7 Å². The molecule has 0 fully saturated rings. The number of carbonyl (C=O) groups is 2. The summed E-state index contributed by atoms with van der Waals surface area (Å²) in [5, 5.41) is 8.95. The second-order valence-corrected chi connectivity index (χ2v) is 7.90. The lowest BCUT2D eigenvalue weighted by molar-refractivity contribution is -0.138. The monoisotopic (exact) mass is 427 g/mol. The SMILES string of the molecule is N[C@@H](C/C=C(\C(=O)OCC1c2ccccc2-c2ccccc21)c1ccccc1)CC(=O)O. The number of rotatable bonds is 8. The smallest absolute Gasteiger partial charge is 0.338 e. The lowest BCUT2D eigenvalue weighted by Crippen LogP contribution is -2.23. The lowest BCUT2D eigenvalue weighted by Gasteiger charge is -2.16. The number of nitrogens with two attached hydrogens (primary N) is 1. The van der Waals surface area contributed by atoms with Gasteiger partial charge in [0.2, 0.25) is 0 Å². The van der Waals surface area contributed by atoms with Gasteiger partial charge in [-0.15, -0.1) is 0 Å². The Kier molecular flexibility index (Phi) is 6.47. The largest absolute Gasteiger partial charge is 0.481 e. The molecule has 0 unspecified atom stereocenters. The zero-order valence-corrected chi connectivity index (χ0v) is 17.6. The maximum absolute atomic E-state index is 13.1. The van der Waals surface area contributed by atoms with Crippen molar-refractivity contribution in [3.8, 4) is 11.1 Å².